The molecule has 0 spiro atoms. The number of carboxylic acids is 1. The lowest BCUT2D eigenvalue weighted by Gasteiger charge is -2.30. The predicted molar refractivity (Wildman–Crippen MR) is 65.3 cm³/mol. The van der Waals surface area contributed by atoms with Gasteiger partial charge in [0.25, 0.3) is 0 Å². The molecular formula is C12H17O2P. The van der Waals surface area contributed by atoms with E-state index in [1.165, 1.54) is 5.30 Å². The Kier molecular flexibility index (Phi) is 3.87. The van der Waals surface area contributed by atoms with Crippen molar-refractivity contribution in [3.05, 3.63) is 30.3 Å². The molecule has 1 atom stereocenters. The van der Waals surface area contributed by atoms with Gasteiger partial charge in [0.05, 0.1) is 6.16 Å². The van der Waals surface area contributed by atoms with Crippen LogP contribution < -0.4 is 5.30 Å². The molecule has 15 heavy (non-hydrogen) atoms. The normalized spacial score (nSPS) is 13.5. The number of carboxylic acid groups (broad SMARTS) is 1. The highest BCUT2D eigenvalue weighted by Crippen LogP contribution is 2.47. The highest BCUT2D eigenvalue weighted by Gasteiger charge is 2.27. The fraction of sp³-hybridized carbons (Fsp3) is 0.417. The molecule has 0 saturated carbocycles. The fourth-order valence-corrected chi connectivity index (χ4v) is 3.69. The van der Waals surface area contributed by atoms with Crippen LogP contribution in [0.5, 0.6) is 0 Å². The van der Waals surface area contributed by atoms with Crippen molar-refractivity contribution in [1.29, 1.82) is 0 Å². The van der Waals surface area contributed by atoms with Gasteiger partial charge < -0.3 is 5.11 Å². The first kappa shape index (κ1) is 12.2. The second-order valence-electron chi connectivity index (χ2n) is 4.49. The first-order valence-electron chi connectivity index (χ1n) is 4.96. The standard InChI is InChI=1S/C12H17O2P/c1-12(2,3)15(9-11(13)14)10-7-5-4-6-8-10/h4-8H,9H2,1-3H3,(H,13,14). The summed E-state index contributed by atoms with van der Waals surface area (Å²) in [5, 5.41) is 10.1. The maximum Gasteiger partial charge on any atom is 0.308 e. The van der Waals surface area contributed by atoms with Crippen LogP contribution in [0.3, 0.4) is 0 Å². The van der Waals surface area contributed by atoms with E-state index in [4.69, 9.17) is 5.11 Å². The molecule has 1 unspecified atom stereocenters. The zero-order valence-corrected chi connectivity index (χ0v) is 10.3. The average molecular weight is 224 g/mol. The zero-order chi connectivity index (χ0) is 11.5. The molecule has 82 valence electrons. The number of aliphatic carboxylic acids is 1. The first-order chi connectivity index (χ1) is 6.91. The summed E-state index contributed by atoms with van der Waals surface area (Å²) >= 11 is 0. The van der Waals surface area contributed by atoms with Gasteiger partial charge in [0.15, 0.2) is 0 Å². The van der Waals surface area contributed by atoms with Crippen LogP contribution in [0.1, 0.15) is 20.8 Å². The van der Waals surface area contributed by atoms with Gasteiger partial charge >= 0.3 is 5.97 Å². The smallest absolute Gasteiger partial charge is 0.308 e. The SMILES string of the molecule is CC(C)(C)P(CC(=O)O)c1ccccc1. The van der Waals surface area contributed by atoms with Gasteiger partial charge in [0.1, 0.15) is 0 Å². The molecule has 0 aliphatic carbocycles. The summed E-state index contributed by atoms with van der Waals surface area (Å²) < 4.78 is 0. The van der Waals surface area contributed by atoms with Gasteiger partial charge in [0.2, 0.25) is 0 Å². The van der Waals surface area contributed by atoms with Crippen LogP contribution in [-0.4, -0.2) is 22.4 Å². The van der Waals surface area contributed by atoms with Crippen LogP contribution in [-0.2, 0) is 4.79 Å². The van der Waals surface area contributed by atoms with Gasteiger partial charge in [-0.15, -0.1) is 0 Å². The van der Waals surface area contributed by atoms with Gasteiger partial charge in [-0.1, -0.05) is 59.0 Å². The van der Waals surface area contributed by atoms with Crippen molar-refractivity contribution in [3.63, 3.8) is 0 Å². The Balaban J connectivity index is 2.97. The van der Waals surface area contributed by atoms with Crippen molar-refractivity contribution in [3.8, 4) is 0 Å². The van der Waals surface area contributed by atoms with E-state index < -0.39 is 13.9 Å². The Hall–Kier alpha value is -0.880. The fourth-order valence-electron chi connectivity index (χ4n) is 1.46. The van der Waals surface area contributed by atoms with Crippen LogP contribution in [0.4, 0.5) is 0 Å². The van der Waals surface area contributed by atoms with Crippen molar-refractivity contribution < 1.29 is 9.90 Å². The van der Waals surface area contributed by atoms with Gasteiger partial charge in [-0.3, -0.25) is 4.79 Å². The van der Waals surface area contributed by atoms with Crippen molar-refractivity contribution in [2.75, 3.05) is 6.16 Å². The number of rotatable bonds is 3. The van der Waals surface area contributed by atoms with E-state index in [1.807, 2.05) is 30.3 Å². The van der Waals surface area contributed by atoms with Crippen molar-refractivity contribution in [1.82, 2.24) is 0 Å². The Morgan fingerprint density at radius 3 is 2.20 bits per heavy atom. The molecule has 0 saturated heterocycles. The lowest BCUT2D eigenvalue weighted by atomic mass is 10.3. The van der Waals surface area contributed by atoms with Crippen LogP contribution >= 0.6 is 7.92 Å². The molecule has 1 aromatic carbocycles. The van der Waals surface area contributed by atoms with Gasteiger partial charge in [-0.2, -0.15) is 0 Å². The van der Waals surface area contributed by atoms with E-state index in [0.717, 1.165) is 0 Å². The monoisotopic (exact) mass is 224 g/mol. The molecule has 0 radical (unpaired) electrons. The van der Waals surface area contributed by atoms with E-state index in [9.17, 15) is 4.79 Å². The van der Waals surface area contributed by atoms with Gasteiger partial charge in [0, 0.05) is 0 Å². The summed E-state index contributed by atoms with van der Waals surface area (Å²) in [6.45, 7) is 6.32. The van der Waals surface area contributed by atoms with Crippen molar-refractivity contribution in [2.45, 2.75) is 25.9 Å². The van der Waals surface area contributed by atoms with Gasteiger partial charge in [-0.25, -0.2) is 0 Å². The highest BCUT2D eigenvalue weighted by atomic mass is 31.1. The molecule has 0 fully saturated rings. The van der Waals surface area contributed by atoms with E-state index in [0.29, 0.717) is 0 Å². The van der Waals surface area contributed by atoms with Crippen LogP contribution in [0.2, 0.25) is 0 Å². The summed E-state index contributed by atoms with van der Waals surface area (Å²) in [4.78, 5) is 10.8. The molecule has 0 bridgehead atoms. The minimum absolute atomic E-state index is 0.0368. The third-order valence-corrected chi connectivity index (χ3v) is 5.30. The summed E-state index contributed by atoms with van der Waals surface area (Å²) in [5.74, 6) is -0.708. The Morgan fingerprint density at radius 2 is 1.80 bits per heavy atom. The predicted octanol–water partition coefficient (Wildman–Crippen LogP) is 2.68. The highest BCUT2D eigenvalue weighted by molar-refractivity contribution is 7.67. The zero-order valence-electron chi connectivity index (χ0n) is 9.40. The maximum atomic E-state index is 10.8. The Labute approximate surface area is 92.1 Å². The third-order valence-electron chi connectivity index (χ3n) is 2.17. The molecule has 0 amide bonds. The minimum atomic E-state index is -0.708. The molecule has 2 nitrogen and oxygen atoms in total. The third kappa shape index (κ3) is 3.64. The number of benzene rings is 1. The molecule has 0 aliphatic heterocycles. The van der Waals surface area contributed by atoms with Gasteiger partial charge in [-0.05, 0) is 10.5 Å². The van der Waals surface area contributed by atoms with Crippen molar-refractivity contribution >= 4 is 19.2 Å². The second-order valence-corrected chi connectivity index (χ2v) is 7.52. The summed E-state index contributed by atoms with van der Waals surface area (Å²) in [6.07, 6.45) is 0.253. The van der Waals surface area contributed by atoms with Crippen LogP contribution in [0.25, 0.3) is 0 Å². The lowest BCUT2D eigenvalue weighted by molar-refractivity contribution is -0.134. The summed E-state index contributed by atoms with van der Waals surface area (Å²) in [6, 6.07) is 9.96. The second kappa shape index (κ2) is 4.76. The van der Waals surface area contributed by atoms with E-state index >= 15 is 0 Å². The van der Waals surface area contributed by atoms with Crippen LogP contribution in [0.15, 0.2) is 30.3 Å². The van der Waals surface area contributed by atoms with Crippen LogP contribution in [0, 0.1) is 0 Å². The molecule has 1 N–H and O–H groups in total. The lowest BCUT2D eigenvalue weighted by Crippen LogP contribution is -2.23. The molecular weight excluding hydrogens is 207 g/mol. The number of hydrogen-bond acceptors (Lipinski definition) is 1. The Bertz CT molecular complexity index is 327. The van der Waals surface area contributed by atoms with E-state index in [1.54, 1.807) is 0 Å². The summed E-state index contributed by atoms with van der Waals surface area (Å²) in [7, 11) is -0.636. The number of carbonyl (C=O) groups is 1. The molecule has 0 aromatic heterocycles. The largest absolute Gasteiger partial charge is 0.481 e. The quantitative estimate of drug-likeness (QED) is 0.801. The molecule has 1 aromatic rings. The molecule has 0 aliphatic rings. The van der Waals surface area contributed by atoms with Crippen molar-refractivity contribution in [2.24, 2.45) is 0 Å². The molecule has 1 rings (SSSR count). The molecule has 0 heterocycles. The van der Waals surface area contributed by atoms with E-state index in [2.05, 4.69) is 20.8 Å². The van der Waals surface area contributed by atoms with E-state index in [-0.39, 0.29) is 11.3 Å². The molecule has 3 heteroatoms. The average Bonchev–Trinajstić information content (AvgIpc) is 2.14. The maximum absolute atomic E-state index is 10.8. The Morgan fingerprint density at radius 1 is 1.27 bits per heavy atom. The number of hydrogen-bond donors (Lipinski definition) is 1. The first-order valence-corrected chi connectivity index (χ1v) is 6.48. The summed E-state index contributed by atoms with van der Waals surface area (Å²) in [5.41, 5.74) is 0. The minimum Gasteiger partial charge on any atom is -0.481 e. The topological polar surface area (TPSA) is 37.3 Å².